The number of aryl methyl sites for hydroxylation is 2. The first-order valence-electron chi connectivity index (χ1n) is 5.04. The van der Waals surface area contributed by atoms with Gasteiger partial charge in [0, 0.05) is 16.7 Å². The van der Waals surface area contributed by atoms with Crippen molar-refractivity contribution < 1.29 is 0 Å². The van der Waals surface area contributed by atoms with Gasteiger partial charge in [-0.3, -0.25) is 4.79 Å². The monoisotopic (exact) mass is 268 g/mol. The molecule has 0 bridgehead atoms. The number of nitrogens with zero attached hydrogens (tertiary/aromatic N) is 2. The van der Waals surface area contributed by atoms with Crippen LogP contribution >= 0.6 is 23.1 Å². The average Bonchev–Trinajstić information content (AvgIpc) is 2.63. The Balaban J connectivity index is 1.94. The van der Waals surface area contributed by atoms with Crippen LogP contribution in [0.25, 0.3) is 0 Å². The second kappa shape index (κ2) is 5.33. The van der Waals surface area contributed by atoms with Crippen LogP contribution in [-0.2, 0) is 6.42 Å². The number of H-pyrrole nitrogens is 1. The lowest BCUT2D eigenvalue weighted by Crippen LogP contribution is -2.09. The van der Waals surface area contributed by atoms with Gasteiger partial charge in [-0.15, -0.1) is 11.3 Å². The van der Waals surface area contributed by atoms with Crippen LogP contribution in [0.1, 0.15) is 10.6 Å². The summed E-state index contributed by atoms with van der Waals surface area (Å²) in [6, 6.07) is 1.28. The highest BCUT2D eigenvalue weighted by Gasteiger charge is 2.03. The molecule has 2 aromatic heterocycles. The number of aromatic nitrogens is 3. The largest absolute Gasteiger partial charge is 0.383 e. The maximum atomic E-state index is 11.2. The van der Waals surface area contributed by atoms with Gasteiger partial charge in [-0.1, -0.05) is 11.8 Å². The van der Waals surface area contributed by atoms with Crippen LogP contribution in [0.5, 0.6) is 0 Å². The molecular weight excluding hydrogens is 256 g/mol. The molecule has 2 rings (SSSR count). The van der Waals surface area contributed by atoms with Crippen molar-refractivity contribution >= 4 is 28.9 Å². The highest BCUT2D eigenvalue weighted by atomic mass is 32.2. The van der Waals surface area contributed by atoms with E-state index in [-0.39, 0.29) is 11.4 Å². The molecule has 0 aliphatic rings. The number of thiazole rings is 1. The lowest BCUT2D eigenvalue weighted by molar-refractivity contribution is 0.943. The molecule has 2 heterocycles. The number of hydrogen-bond acceptors (Lipinski definition) is 6. The quantitative estimate of drug-likeness (QED) is 0.647. The fraction of sp³-hybridized carbons (Fsp3) is 0.300. The smallest absolute Gasteiger partial charge is 0.253 e. The van der Waals surface area contributed by atoms with Crippen LogP contribution < -0.4 is 11.3 Å². The maximum absolute atomic E-state index is 11.2. The average molecular weight is 268 g/mol. The van der Waals surface area contributed by atoms with Gasteiger partial charge in [0.05, 0.1) is 11.2 Å². The zero-order chi connectivity index (χ0) is 12.3. The fourth-order valence-electron chi connectivity index (χ4n) is 1.33. The van der Waals surface area contributed by atoms with E-state index in [9.17, 15) is 4.79 Å². The van der Waals surface area contributed by atoms with Crippen molar-refractivity contribution in [3.8, 4) is 0 Å². The molecule has 0 atom stereocenters. The van der Waals surface area contributed by atoms with Gasteiger partial charge in [0.15, 0.2) is 5.16 Å². The van der Waals surface area contributed by atoms with Gasteiger partial charge in [-0.25, -0.2) is 9.97 Å². The highest BCUT2D eigenvalue weighted by Crippen LogP contribution is 2.18. The number of nitrogens with two attached hydrogens (primary N) is 1. The van der Waals surface area contributed by atoms with Gasteiger partial charge >= 0.3 is 0 Å². The van der Waals surface area contributed by atoms with Crippen molar-refractivity contribution in [3.63, 3.8) is 0 Å². The molecule has 0 amide bonds. The third kappa shape index (κ3) is 3.31. The van der Waals surface area contributed by atoms with Crippen molar-refractivity contribution in [3.05, 3.63) is 32.5 Å². The zero-order valence-electron chi connectivity index (χ0n) is 9.27. The Morgan fingerprint density at radius 3 is 3.06 bits per heavy atom. The molecule has 7 heteroatoms. The molecule has 0 saturated heterocycles. The summed E-state index contributed by atoms with van der Waals surface area (Å²) in [5, 5.41) is 0.567. The van der Waals surface area contributed by atoms with Crippen molar-refractivity contribution in [2.45, 2.75) is 18.5 Å². The van der Waals surface area contributed by atoms with Gasteiger partial charge in [-0.2, -0.15) is 0 Å². The normalized spacial score (nSPS) is 10.6. The Bertz CT molecular complexity index is 563. The lowest BCUT2D eigenvalue weighted by atomic mass is 10.3. The van der Waals surface area contributed by atoms with E-state index in [1.807, 2.05) is 12.4 Å². The summed E-state index contributed by atoms with van der Waals surface area (Å²) in [6.45, 7) is 2.00. The molecular formula is C10H12N4OS2. The maximum Gasteiger partial charge on any atom is 0.253 e. The molecule has 3 N–H and O–H groups in total. The number of anilines is 1. The number of rotatable bonds is 4. The summed E-state index contributed by atoms with van der Waals surface area (Å²) in [5.74, 6) is 1.10. The predicted molar refractivity (Wildman–Crippen MR) is 70.5 cm³/mol. The van der Waals surface area contributed by atoms with Crippen LogP contribution in [-0.4, -0.2) is 20.7 Å². The molecule has 17 heavy (non-hydrogen) atoms. The van der Waals surface area contributed by atoms with Crippen LogP contribution in [0.2, 0.25) is 0 Å². The molecule has 0 fully saturated rings. The Kier molecular flexibility index (Phi) is 3.80. The molecule has 0 radical (unpaired) electrons. The molecule has 5 nitrogen and oxygen atoms in total. The predicted octanol–water partition coefficient (Wildman–Crippen LogP) is 1.45. The van der Waals surface area contributed by atoms with Crippen molar-refractivity contribution in [1.29, 1.82) is 0 Å². The van der Waals surface area contributed by atoms with Crippen molar-refractivity contribution in [1.82, 2.24) is 15.0 Å². The summed E-state index contributed by atoms with van der Waals surface area (Å²) in [5.41, 5.74) is 8.20. The summed E-state index contributed by atoms with van der Waals surface area (Å²) in [4.78, 5) is 23.3. The van der Waals surface area contributed by atoms with Gasteiger partial charge in [-0.05, 0) is 13.3 Å². The molecule has 0 unspecified atom stereocenters. The minimum Gasteiger partial charge on any atom is -0.383 e. The SMILES string of the molecule is Cc1ncsc1CCSc1nc(N)cc(=O)[nH]1. The Morgan fingerprint density at radius 2 is 2.41 bits per heavy atom. The summed E-state index contributed by atoms with van der Waals surface area (Å²) in [6.07, 6.45) is 0.916. The first-order chi connectivity index (χ1) is 8.15. The summed E-state index contributed by atoms with van der Waals surface area (Å²) < 4.78 is 0. The molecule has 2 aromatic rings. The summed E-state index contributed by atoms with van der Waals surface area (Å²) in [7, 11) is 0. The summed E-state index contributed by atoms with van der Waals surface area (Å²) >= 11 is 3.14. The Morgan fingerprint density at radius 1 is 1.59 bits per heavy atom. The lowest BCUT2D eigenvalue weighted by Gasteiger charge is -2.00. The topological polar surface area (TPSA) is 84.7 Å². The Hall–Kier alpha value is -1.34. The Labute approximate surface area is 107 Å². The minimum atomic E-state index is -0.214. The van der Waals surface area contributed by atoms with Crippen LogP contribution in [0.4, 0.5) is 5.82 Å². The number of thioether (sulfide) groups is 1. The molecule has 0 aromatic carbocycles. The van der Waals surface area contributed by atoms with Crippen LogP contribution in [0.3, 0.4) is 0 Å². The van der Waals surface area contributed by atoms with E-state index in [2.05, 4.69) is 15.0 Å². The number of aromatic amines is 1. The highest BCUT2D eigenvalue weighted by molar-refractivity contribution is 7.99. The third-order valence-electron chi connectivity index (χ3n) is 2.15. The molecule has 90 valence electrons. The number of nitrogen functional groups attached to an aromatic ring is 1. The van der Waals surface area contributed by atoms with Gasteiger partial charge < -0.3 is 10.7 Å². The fourth-order valence-corrected chi connectivity index (χ4v) is 3.08. The molecule has 0 spiro atoms. The van der Waals surface area contributed by atoms with E-state index in [1.54, 1.807) is 11.3 Å². The van der Waals surface area contributed by atoms with E-state index in [4.69, 9.17) is 5.73 Å². The molecule has 0 aliphatic carbocycles. The van der Waals surface area contributed by atoms with Crippen molar-refractivity contribution in [2.24, 2.45) is 0 Å². The molecule has 0 saturated carbocycles. The van der Waals surface area contributed by atoms with Crippen LogP contribution in [0, 0.1) is 6.92 Å². The molecule has 0 aliphatic heterocycles. The minimum absolute atomic E-state index is 0.214. The van der Waals surface area contributed by atoms with Crippen molar-refractivity contribution in [2.75, 3.05) is 11.5 Å². The van der Waals surface area contributed by atoms with Crippen LogP contribution in [0.15, 0.2) is 21.5 Å². The van der Waals surface area contributed by atoms with Gasteiger partial charge in [0.25, 0.3) is 5.56 Å². The van der Waals surface area contributed by atoms with E-state index < -0.39 is 0 Å². The van der Waals surface area contributed by atoms with E-state index in [0.717, 1.165) is 17.9 Å². The first-order valence-corrected chi connectivity index (χ1v) is 6.90. The zero-order valence-corrected chi connectivity index (χ0v) is 10.9. The first kappa shape index (κ1) is 12.1. The standard InChI is InChI=1S/C10H12N4OS2/c1-6-7(17-5-12-6)2-3-16-10-13-8(11)4-9(15)14-10/h4-5H,2-3H2,1H3,(H3,11,13,14,15). The second-order valence-electron chi connectivity index (χ2n) is 3.43. The third-order valence-corrected chi connectivity index (χ3v) is 4.02. The van der Waals surface area contributed by atoms with Gasteiger partial charge in [0.2, 0.25) is 0 Å². The second-order valence-corrected chi connectivity index (χ2v) is 5.46. The number of hydrogen-bond donors (Lipinski definition) is 2. The van der Waals surface area contributed by atoms with E-state index >= 15 is 0 Å². The van der Waals surface area contributed by atoms with Gasteiger partial charge in [0.1, 0.15) is 5.82 Å². The number of nitrogens with one attached hydrogen (secondary N) is 1. The van der Waals surface area contributed by atoms with E-state index in [1.165, 1.54) is 22.7 Å². The van der Waals surface area contributed by atoms with E-state index in [0.29, 0.717) is 5.16 Å².